The molecule has 1 aromatic rings. The lowest BCUT2D eigenvalue weighted by molar-refractivity contribution is 0.108. The Kier molecular flexibility index (Phi) is 9.15. The number of hydrogen-bond acceptors (Lipinski definition) is 4. The van der Waals surface area contributed by atoms with Gasteiger partial charge in [-0.2, -0.15) is 0 Å². The van der Waals surface area contributed by atoms with Crippen LogP contribution in [0, 0.1) is 19.8 Å². The lowest BCUT2D eigenvalue weighted by atomic mass is 10.1. The van der Waals surface area contributed by atoms with Gasteiger partial charge in [-0.25, -0.2) is 0 Å². The third-order valence-corrected chi connectivity index (χ3v) is 3.61. The Morgan fingerprint density at radius 3 is 2.67 bits per heavy atom. The van der Waals surface area contributed by atoms with E-state index in [1.807, 2.05) is 20.0 Å². The van der Waals surface area contributed by atoms with E-state index < -0.39 is 0 Å². The number of methoxy groups -OCH3 is 1. The number of guanidine groups is 1. The van der Waals surface area contributed by atoms with Gasteiger partial charge in [0.25, 0.3) is 0 Å². The highest BCUT2D eigenvalue weighted by molar-refractivity contribution is 5.79. The summed E-state index contributed by atoms with van der Waals surface area (Å²) >= 11 is 0. The van der Waals surface area contributed by atoms with Crippen molar-refractivity contribution in [2.45, 2.75) is 40.7 Å². The van der Waals surface area contributed by atoms with Crippen LogP contribution in [0.25, 0.3) is 0 Å². The zero-order valence-corrected chi connectivity index (χ0v) is 15.9. The van der Waals surface area contributed by atoms with Crippen LogP contribution in [0.5, 0.6) is 5.75 Å². The van der Waals surface area contributed by atoms with Gasteiger partial charge in [0.05, 0.1) is 19.3 Å². The molecular formula is C18H32N4O2. The van der Waals surface area contributed by atoms with Gasteiger partial charge in [0, 0.05) is 44.1 Å². The van der Waals surface area contributed by atoms with E-state index in [4.69, 9.17) is 9.47 Å². The largest absolute Gasteiger partial charge is 0.496 e. The van der Waals surface area contributed by atoms with E-state index in [9.17, 15) is 0 Å². The number of aryl methyl sites for hydroxylation is 1. The Balaban J connectivity index is 2.39. The van der Waals surface area contributed by atoms with Crippen LogP contribution >= 0.6 is 0 Å². The van der Waals surface area contributed by atoms with E-state index in [1.165, 1.54) is 0 Å². The summed E-state index contributed by atoms with van der Waals surface area (Å²) in [6, 6.07) is 0. The van der Waals surface area contributed by atoms with Crippen LogP contribution in [0.4, 0.5) is 0 Å². The fraction of sp³-hybridized carbons (Fsp3) is 0.667. The first kappa shape index (κ1) is 20.2. The van der Waals surface area contributed by atoms with Crippen molar-refractivity contribution in [1.29, 1.82) is 0 Å². The molecule has 1 rings (SSSR count). The van der Waals surface area contributed by atoms with Gasteiger partial charge in [-0.05, 0) is 26.2 Å². The van der Waals surface area contributed by atoms with E-state index >= 15 is 0 Å². The number of ether oxygens (including phenoxy) is 2. The van der Waals surface area contributed by atoms with E-state index in [1.54, 1.807) is 14.2 Å². The molecule has 0 saturated heterocycles. The maximum absolute atomic E-state index is 5.57. The van der Waals surface area contributed by atoms with Gasteiger partial charge in [-0.1, -0.05) is 13.8 Å². The molecule has 0 amide bonds. The average Bonchev–Trinajstić information content (AvgIpc) is 2.55. The molecule has 6 heteroatoms. The van der Waals surface area contributed by atoms with Crippen LogP contribution < -0.4 is 15.4 Å². The molecule has 6 nitrogen and oxygen atoms in total. The van der Waals surface area contributed by atoms with Gasteiger partial charge in [0.2, 0.25) is 0 Å². The molecule has 1 aromatic heterocycles. The van der Waals surface area contributed by atoms with Crippen LogP contribution in [0.2, 0.25) is 0 Å². The van der Waals surface area contributed by atoms with Crippen molar-refractivity contribution in [3.05, 3.63) is 23.0 Å². The van der Waals surface area contributed by atoms with Gasteiger partial charge >= 0.3 is 0 Å². The minimum Gasteiger partial charge on any atom is -0.496 e. The molecule has 0 unspecified atom stereocenters. The Hall–Kier alpha value is -1.82. The zero-order valence-electron chi connectivity index (χ0n) is 15.9. The normalized spacial score (nSPS) is 11.7. The quantitative estimate of drug-likeness (QED) is 0.412. The summed E-state index contributed by atoms with van der Waals surface area (Å²) in [6.07, 6.45) is 2.79. The van der Waals surface area contributed by atoms with Crippen LogP contribution in [-0.4, -0.2) is 44.9 Å². The summed E-state index contributed by atoms with van der Waals surface area (Å²) in [4.78, 5) is 8.72. The Morgan fingerprint density at radius 1 is 1.29 bits per heavy atom. The molecule has 0 saturated carbocycles. The van der Waals surface area contributed by atoms with Gasteiger partial charge in [-0.3, -0.25) is 9.98 Å². The molecule has 0 aliphatic carbocycles. The first-order chi connectivity index (χ1) is 11.5. The maximum atomic E-state index is 5.57. The van der Waals surface area contributed by atoms with E-state index in [2.05, 4.69) is 34.5 Å². The van der Waals surface area contributed by atoms with Crippen LogP contribution in [-0.2, 0) is 11.3 Å². The van der Waals surface area contributed by atoms with Gasteiger partial charge in [0.15, 0.2) is 5.96 Å². The number of rotatable bonds is 9. The molecule has 0 radical (unpaired) electrons. The first-order valence-corrected chi connectivity index (χ1v) is 8.50. The number of nitrogens with one attached hydrogen (secondary N) is 2. The SMILES string of the molecule is CN=C(NCCCOCC(C)C)NCc1ncc(C)c(OC)c1C. The molecule has 0 aromatic carbocycles. The van der Waals surface area contributed by atoms with Crippen molar-refractivity contribution in [3.63, 3.8) is 0 Å². The van der Waals surface area contributed by atoms with E-state index in [0.29, 0.717) is 12.5 Å². The maximum Gasteiger partial charge on any atom is 0.191 e. The number of aromatic nitrogens is 1. The molecule has 1 heterocycles. The molecule has 0 bridgehead atoms. The summed E-state index contributed by atoms with van der Waals surface area (Å²) < 4.78 is 11.0. The predicted octanol–water partition coefficient (Wildman–Crippen LogP) is 2.43. The highest BCUT2D eigenvalue weighted by Gasteiger charge is 2.09. The summed E-state index contributed by atoms with van der Waals surface area (Å²) in [5.74, 6) is 2.24. The number of hydrogen-bond donors (Lipinski definition) is 2. The molecule has 24 heavy (non-hydrogen) atoms. The lowest BCUT2D eigenvalue weighted by Gasteiger charge is -2.15. The predicted molar refractivity (Wildman–Crippen MR) is 98.7 cm³/mol. The third kappa shape index (κ3) is 6.74. The standard InChI is InChI=1S/C18H32N4O2/c1-13(2)12-24-9-7-8-20-18(19-5)22-11-16-15(4)17(23-6)14(3)10-21-16/h10,13H,7-9,11-12H2,1-6H3,(H2,19,20,22). The van der Waals surface area contributed by atoms with Crippen LogP contribution in [0.1, 0.15) is 37.1 Å². The van der Waals surface area contributed by atoms with Crippen LogP contribution in [0.15, 0.2) is 11.2 Å². The molecule has 2 N–H and O–H groups in total. The minimum atomic E-state index is 0.578. The Labute approximate surface area is 146 Å². The Bertz CT molecular complexity index is 530. The highest BCUT2D eigenvalue weighted by atomic mass is 16.5. The van der Waals surface area contributed by atoms with Gasteiger partial charge in [-0.15, -0.1) is 0 Å². The third-order valence-electron chi connectivity index (χ3n) is 3.61. The van der Waals surface area contributed by atoms with Crippen LogP contribution in [0.3, 0.4) is 0 Å². The fourth-order valence-electron chi connectivity index (χ4n) is 2.34. The van der Waals surface area contributed by atoms with Crippen molar-refractivity contribution in [3.8, 4) is 5.75 Å². The molecule has 0 atom stereocenters. The average molecular weight is 336 g/mol. The van der Waals surface area contributed by atoms with E-state index in [0.717, 1.165) is 54.7 Å². The van der Waals surface area contributed by atoms with Crippen molar-refractivity contribution in [2.75, 3.05) is 33.9 Å². The van der Waals surface area contributed by atoms with Gasteiger partial charge < -0.3 is 20.1 Å². The number of aliphatic imine (C=N–C) groups is 1. The Morgan fingerprint density at radius 2 is 2.04 bits per heavy atom. The fourth-order valence-corrected chi connectivity index (χ4v) is 2.34. The molecule has 0 aliphatic rings. The topological polar surface area (TPSA) is 67.8 Å². The van der Waals surface area contributed by atoms with Crippen molar-refractivity contribution in [2.24, 2.45) is 10.9 Å². The summed E-state index contributed by atoms with van der Waals surface area (Å²) in [5, 5.41) is 6.57. The second-order valence-electron chi connectivity index (χ2n) is 6.22. The number of pyridine rings is 1. The second-order valence-corrected chi connectivity index (χ2v) is 6.22. The zero-order chi connectivity index (χ0) is 17.9. The van der Waals surface area contributed by atoms with Crippen molar-refractivity contribution in [1.82, 2.24) is 15.6 Å². The molecule has 0 spiro atoms. The molecule has 0 fully saturated rings. The smallest absolute Gasteiger partial charge is 0.191 e. The molecular weight excluding hydrogens is 304 g/mol. The number of nitrogens with zero attached hydrogens (tertiary/aromatic N) is 2. The van der Waals surface area contributed by atoms with Crippen molar-refractivity contribution < 1.29 is 9.47 Å². The first-order valence-electron chi connectivity index (χ1n) is 8.50. The molecule has 0 aliphatic heterocycles. The minimum absolute atomic E-state index is 0.578. The molecule has 136 valence electrons. The highest BCUT2D eigenvalue weighted by Crippen LogP contribution is 2.23. The van der Waals surface area contributed by atoms with Gasteiger partial charge in [0.1, 0.15) is 5.75 Å². The summed E-state index contributed by atoms with van der Waals surface area (Å²) in [5.41, 5.74) is 3.06. The summed E-state index contributed by atoms with van der Waals surface area (Å²) in [6.45, 7) is 11.3. The van der Waals surface area contributed by atoms with Crippen molar-refractivity contribution >= 4 is 5.96 Å². The second kappa shape index (κ2) is 10.9. The van der Waals surface area contributed by atoms with E-state index in [-0.39, 0.29) is 0 Å². The summed E-state index contributed by atoms with van der Waals surface area (Å²) in [7, 11) is 3.45. The lowest BCUT2D eigenvalue weighted by Crippen LogP contribution is -2.38. The monoisotopic (exact) mass is 336 g/mol.